The number of benzene rings is 1. The molecule has 1 aromatic rings. The van der Waals surface area contributed by atoms with Crippen LogP contribution in [0.15, 0.2) is 18.2 Å². The zero-order chi connectivity index (χ0) is 15.4. The van der Waals surface area contributed by atoms with E-state index < -0.39 is 17.9 Å². The van der Waals surface area contributed by atoms with Crippen molar-refractivity contribution < 1.29 is 23.9 Å². The number of nitro groups is 1. The van der Waals surface area contributed by atoms with Gasteiger partial charge in [-0.2, -0.15) is 0 Å². The molecule has 7 nitrogen and oxygen atoms in total. The van der Waals surface area contributed by atoms with Crippen LogP contribution in [0.4, 0.5) is 0 Å². The molecule has 2 atom stereocenters. The van der Waals surface area contributed by atoms with Gasteiger partial charge in [0.1, 0.15) is 0 Å². The Labute approximate surface area is 122 Å². The number of methoxy groups -OCH3 is 1. The van der Waals surface area contributed by atoms with Gasteiger partial charge in [-0.1, -0.05) is 6.07 Å². The van der Waals surface area contributed by atoms with Crippen LogP contribution in [-0.4, -0.2) is 30.8 Å². The number of ether oxygens (including phenoxy) is 3. The molecule has 0 fully saturated rings. The van der Waals surface area contributed by atoms with E-state index in [2.05, 4.69) is 4.74 Å². The highest BCUT2D eigenvalue weighted by Crippen LogP contribution is 2.33. The summed E-state index contributed by atoms with van der Waals surface area (Å²) >= 11 is 0. The van der Waals surface area contributed by atoms with Crippen molar-refractivity contribution in [3.05, 3.63) is 33.9 Å². The van der Waals surface area contributed by atoms with Crippen LogP contribution in [0, 0.1) is 16.0 Å². The lowest BCUT2D eigenvalue weighted by Gasteiger charge is -2.17. The highest BCUT2D eigenvalue weighted by molar-refractivity contribution is 5.69. The number of carbonyl (C=O) groups excluding carboxylic acids is 1. The number of nitrogens with zero attached hydrogens (tertiary/aromatic N) is 1. The molecule has 0 N–H and O–H groups in total. The topological polar surface area (TPSA) is 87.9 Å². The zero-order valence-corrected chi connectivity index (χ0v) is 11.9. The molecule has 0 bridgehead atoms. The molecule has 0 saturated carbocycles. The van der Waals surface area contributed by atoms with Crippen LogP contribution in [0.25, 0.3) is 0 Å². The van der Waals surface area contributed by atoms with Crippen LogP contribution in [-0.2, 0) is 16.0 Å². The Kier molecular flexibility index (Phi) is 4.62. The van der Waals surface area contributed by atoms with Crippen molar-refractivity contribution >= 4 is 5.97 Å². The van der Waals surface area contributed by atoms with Gasteiger partial charge in [-0.05, 0) is 24.1 Å². The number of hydrogen-bond acceptors (Lipinski definition) is 6. The predicted molar refractivity (Wildman–Crippen MR) is 72.8 cm³/mol. The van der Waals surface area contributed by atoms with E-state index in [0.29, 0.717) is 17.9 Å². The molecule has 114 valence electrons. The van der Waals surface area contributed by atoms with Gasteiger partial charge < -0.3 is 14.2 Å². The average Bonchev–Trinajstić information content (AvgIpc) is 2.92. The van der Waals surface area contributed by atoms with Crippen LogP contribution in [0.5, 0.6) is 11.5 Å². The number of hydrogen-bond donors (Lipinski definition) is 0. The third kappa shape index (κ3) is 3.62. The summed E-state index contributed by atoms with van der Waals surface area (Å²) in [5, 5.41) is 11.0. The molecule has 1 aromatic carbocycles. The Hall–Kier alpha value is -2.31. The lowest BCUT2D eigenvalue weighted by atomic mass is 9.90. The lowest BCUT2D eigenvalue weighted by molar-refractivity contribution is -0.527. The molecule has 21 heavy (non-hydrogen) atoms. The largest absolute Gasteiger partial charge is 0.469 e. The SMILES string of the molecule is COC(=O)CC(Cc1ccc2c(c1)OCO2)C(C)[N+](=O)[O-]. The Morgan fingerprint density at radius 1 is 1.43 bits per heavy atom. The van der Waals surface area contributed by atoms with E-state index in [9.17, 15) is 14.9 Å². The van der Waals surface area contributed by atoms with E-state index in [4.69, 9.17) is 9.47 Å². The number of fused-ring (bicyclic) bond motifs is 1. The third-order valence-electron chi connectivity index (χ3n) is 3.61. The smallest absolute Gasteiger partial charge is 0.306 e. The average molecular weight is 295 g/mol. The number of esters is 1. The molecule has 1 aliphatic rings. The van der Waals surface area contributed by atoms with E-state index in [0.717, 1.165) is 5.56 Å². The fourth-order valence-corrected chi connectivity index (χ4v) is 2.25. The van der Waals surface area contributed by atoms with Crippen LogP contribution in [0.3, 0.4) is 0 Å². The third-order valence-corrected chi connectivity index (χ3v) is 3.61. The zero-order valence-electron chi connectivity index (χ0n) is 11.9. The minimum atomic E-state index is -0.838. The molecule has 0 amide bonds. The monoisotopic (exact) mass is 295 g/mol. The van der Waals surface area contributed by atoms with Crippen LogP contribution in [0.2, 0.25) is 0 Å². The minimum absolute atomic E-state index is 0.00703. The maximum Gasteiger partial charge on any atom is 0.306 e. The quantitative estimate of drug-likeness (QED) is 0.452. The van der Waals surface area contributed by atoms with Gasteiger partial charge in [0.15, 0.2) is 11.5 Å². The van der Waals surface area contributed by atoms with Crippen molar-refractivity contribution in [2.45, 2.75) is 25.8 Å². The molecule has 0 spiro atoms. The van der Waals surface area contributed by atoms with Crippen molar-refractivity contribution in [3.8, 4) is 11.5 Å². The molecule has 0 aromatic heterocycles. The van der Waals surface area contributed by atoms with E-state index in [1.807, 2.05) is 6.07 Å². The fraction of sp³-hybridized carbons (Fsp3) is 0.500. The maximum atomic E-state index is 11.4. The molecular formula is C14H17NO6. The second-order valence-corrected chi connectivity index (χ2v) is 4.96. The molecule has 0 aliphatic carbocycles. The van der Waals surface area contributed by atoms with E-state index in [1.54, 1.807) is 12.1 Å². The Balaban J connectivity index is 2.13. The highest BCUT2D eigenvalue weighted by Gasteiger charge is 2.30. The van der Waals surface area contributed by atoms with Gasteiger partial charge in [-0.3, -0.25) is 14.9 Å². The van der Waals surface area contributed by atoms with Crippen molar-refractivity contribution in [1.29, 1.82) is 0 Å². The summed E-state index contributed by atoms with van der Waals surface area (Å²) in [5.41, 5.74) is 0.863. The summed E-state index contributed by atoms with van der Waals surface area (Å²) in [5.74, 6) is 0.394. The van der Waals surface area contributed by atoms with Crippen LogP contribution < -0.4 is 9.47 Å². The van der Waals surface area contributed by atoms with Crippen molar-refractivity contribution in [3.63, 3.8) is 0 Å². The molecule has 1 aliphatic heterocycles. The Morgan fingerprint density at radius 3 is 2.81 bits per heavy atom. The number of rotatable bonds is 6. The van der Waals surface area contributed by atoms with E-state index in [1.165, 1.54) is 14.0 Å². The Morgan fingerprint density at radius 2 is 2.14 bits per heavy atom. The summed E-state index contributed by atoms with van der Waals surface area (Å²) in [6.45, 7) is 1.68. The van der Waals surface area contributed by atoms with E-state index >= 15 is 0 Å². The van der Waals surface area contributed by atoms with Gasteiger partial charge in [0, 0.05) is 17.8 Å². The van der Waals surface area contributed by atoms with Crippen LogP contribution >= 0.6 is 0 Å². The normalized spacial score (nSPS) is 15.3. The molecular weight excluding hydrogens is 278 g/mol. The standard InChI is InChI=1S/C14H17NO6/c1-9(15(17)18)11(7-14(16)19-2)5-10-3-4-12-13(6-10)21-8-20-12/h3-4,6,9,11H,5,7-8H2,1-2H3. The van der Waals surface area contributed by atoms with Gasteiger partial charge in [0.05, 0.1) is 13.5 Å². The molecule has 2 rings (SSSR count). The predicted octanol–water partition coefficient (Wildman–Crippen LogP) is 1.80. The first kappa shape index (κ1) is 15.1. The minimum Gasteiger partial charge on any atom is -0.469 e. The first-order chi connectivity index (χ1) is 10.0. The maximum absolute atomic E-state index is 11.4. The fourth-order valence-electron chi connectivity index (χ4n) is 2.25. The Bertz CT molecular complexity index is 544. The van der Waals surface area contributed by atoms with Gasteiger partial charge in [0.2, 0.25) is 12.8 Å². The van der Waals surface area contributed by atoms with Crippen molar-refractivity contribution in [1.82, 2.24) is 0 Å². The first-order valence-electron chi connectivity index (χ1n) is 6.60. The van der Waals surface area contributed by atoms with Gasteiger partial charge in [0.25, 0.3) is 0 Å². The lowest BCUT2D eigenvalue weighted by Crippen LogP contribution is -2.30. The van der Waals surface area contributed by atoms with E-state index in [-0.39, 0.29) is 18.1 Å². The molecule has 2 unspecified atom stereocenters. The highest BCUT2D eigenvalue weighted by atomic mass is 16.7. The van der Waals surface area contributed by atoms with Gasteiger partial charge in [-0.25, -0.2) is 0 Å². The molecule has 0 saturated heterocycles. The van der Waals surface area contributed by atoms with Gasteiger partial charge in [-0.15, -0.1) is 0 Å². The summed E-state index contributed by atoms with van der Waals surface area (Å²) < 4.78 is 15.1. The second-order valence-electron chi connectivity index (χ2n) is 4.96. The summed E-state index contributed by atoms with van der Waals surface area (Å²) in [4.78, 5) is 22.1. The van der Waals surface area contributed by atoms with Crippen LogP contribution in [0.1, 0.15) is 18.9 Å². The summed E-state index contributed by atoms with van der Waals surface area (Å²) in [7, 11) is 1.27. The van der Waals surface area contributed by atoms with Crippen molar-refractivity contribution in [2.75, 3.05) is 13.9 Å². The summed E-state index contributed by atoms with van der Waals surface area (Å²) in [6.07, 6.45) is 0.404. The number of carbonyl (C=O) groups is 1. The second kappa shape index (κ2) is 6.43. The molecule has 0 radical (unpaired) electrons. The first-order valence-corrected chi connectivity index (χ1v) is 6.60. The summed E-state index contributed by atoms with van der Waals surface area (Å²) in [6, 6.07) is 4.54. The molecule has 7 heteroatoms. The molecule has 1 heterocycles. The van der Waals surface area contributed by atoms with Gasteiger partial charge >= 0.3 is 5.97 Å². The van der Waals surface area contributed by atoms with Crippen molar-refractivity contribution in [2.24, 2.45) is 5.92 Å².